The van der Waals surface area contributed by atoms with Gasteiger partial charge < -0.3 is 20.5 Å². The summed E-state index contributed by atoms with van der Waals surface area (Å²) in [7, 11) is 0. The van der Waals surface area contributed by atoms with Crippen LogP contribution in [0.5, 0.6) is 0 Å². The third kappa shape index (κ3) is 6.49. The highest BCUT2D eigenvalue weighted by molar-refractivity contribution is 5.92. The number of rotatable bonds is 9. The number of amides is 1. The summed E-state index contributed by atoms with van der Waals surface area (Å²) in [5, 5.41) is 2.40. The molecule has 3 N–H and O–H groups in total. The van der Waals surface area contributed by atoms with Crippen LogP contribution in [0, 0.1) is 5.82 Å². The molecule has 1 rings (SSSR count). The lowest BCUT2D eigenvalue weighted by molar-refractivity contribution is -0.121. The van der Waals surface area contributed by atoms with Crippen LogP contribution in [0.15, 0.2) is 18.2 Å². The van der Waals surface area contributed by atoms with Crippen molar-refractivity contribution >= 4 is 17.3 Å². The second-order valence-electron chi connectivity index (χ2n) is 4.31. The molecule has 0 saturated carbocycles. The molecule has 0 aromatic heterocycles. The summed E-state index contributed by atoms with van der Waals surface area (Å²) in [6.07, 6.45) is 2.09. The van der Waals surface area contributed by atoms with E-state index in [4.69, 9.17) is 15.2 Å². The average Bonchev–Trinajstić information content (AvgIpc) is 2.42. The molecule has 0 spiro atoms. The van der Waals surface area contributed by atoms with Gasteiger partial charge in [0.2, 0.25) is 5.91 Å². The normalized spacial score (nSPS) is 10.5. The maximum atomic E-state index is 13.4. The Bertz CT molecular complexity index is 427. The van der Waals surface area contributed by atoms with Crippen LogP contribution in [-0.4, -0.2) is 32.3 Å². The first-order valence-electron chi connectivity index (χ1n) is 6.64. The fourth-order valence-electron chi connectivity index (χ4n) is 1.46. The molecule has 0 aliphatic rings. The minimum atomic E-state index is -0.532. The van der Waals surface area contributed by atoms with Crippen LogP contribution in [0.25, 0.3) is 0 Å². The van der Waals surface area contributed by atoms with Crippen LogP contribution < -0.4 is 11.1 Å². The number of benzene rings is 1. The third-order valence-corrected chi connectivity index (χ3v) is 2.51. The van der Waals surface area contributed by atoms with Gasteiger partial charge in [0.1, 0.15) is 12.4 Å². The summed E-state index contributed by atoms with van der Waals surface area (Å²) in [4.78, 5) is 11.5. The van der Waals surface area contributed by atoms with Gasteiger partial charge in [-0.1, -0.05) is 13.3 Å². The van der Waals surface area contributed by atoms with Crippen molar-refractivity contribution in [1.82, 2.24) is 0 Å². The number of ether oxygens (including phenoxy) is 2. The summed E-state index contributed by atoms with van der Waals surface area (Å²) < 4.78 is 23.8. The van der Waals surface area contributed by atoms with Crippen molar-refractivity contribution in [2.45, 2.75) is 19.8 Å². The molecule has 1 amide bonds. The Kier molecular flexibility index (Phi) is 7.60. The van der Waals surface area contributed by atoms with E-state index in [0.717, 1.165) is 12.8 Å². The van der Waals surface area contributed by atoms with E-state index in [1.807, 2.05) is 0 Å². The van der Waals surface area contributed by atoms with E-state index in [1.165, 1.54) is 18.2 Å². The first kappa shape index (κ1) is 16.4. The second-order valence-corrected chi connectivity index (χ2v) is 4.31. The molecular weight excluding hydrogens is 263 g/mol. The second kappa shape index (κ2) is 9.28. The number of hydrogen-bond donors (Lipinski definition) is 2. The molecule has 0 saturated heterocycles. The smallest absolute Gasteiger partial charge is 0.250 e. The predicted octanol–water partition coefficient (Wildman–Crippen LogP) is 2.18. The molecule has 0 heterocycles. The van der Waals surface area contributed by atoms with Gasteiger partial charge in [0.25, 0.3) is 0 Å². The molecular formula is C14H21FN2O3. The van der Waals surface area contributed by atoms with E-state index in [0.29, 0.717) is 25.5 Å². The number of unbranched alkanes of at least 4 members (excludes halogenated alkanes) is 1. The Morgan fingerprint density at radius 3 is 2.80 bits per heavy atom. The minimum absolute atomic E-state index is 0.0535. The zero-order valence-electron chi connectivity index (χ0n) is 11.7. The highest BCUT2D eigenvalue weighted by Crippen LogP contribution is 2.17. The average molecular weight is 284 g/mol. The van der Waals surface area contributed by atoms with Gasteiger partial charge in [-0.2, -0.15) is 0 Å². The third-order valence-electron chi connectivity index (χ3n) is 2.51. The van der Waals surface area contributed by atoms with E-state index >= 15 is 0 Å². The van der Waals surface area contributed by atoms with Crippen molar-refractivity contribution in [2.24, 2.45) is 0 Å². The SMILES string of the molecule is CCCCOCCOCC(=O)Nc1cc(N)ccc1F. The van der Waals surface area contributed by atoms with E-state index in [2.05, 4.69) is 12.2 Å². The van der Waals surface area contributed by atoms with Crippen molar-refractivity contribution in [1.29, 1.82) is 0 Å². The van der Waals surface area contributed by atoms with Crippen LogP contribution in [0.4, 0.5) is 15.8 Å². The summed E-state index contributed by atoms with van der Waals surface area (Å²) in [6.45, 7) is 3.40. The number of nitrogen functional groups attached to an aromatic ring is 1. The lowest BCUT2D eigenvalue weighted by atomic mass is 10.2. The molecule has 0 fully saturated rings. The summed E-state index contributed by atoms with van der Waals surface area (Å²) in [6, 6.07) is 3.99. The van der Waals surface area contributed by atoms with Gasteiger partial charge >= 0.3 is 0 Å². The predicted molar refractivity (Wildman–Crippen MR) is 76.0 cm³/mol. The Morgan fingerprint density at radius 1 is 1.30 bits per heavy atom. The first-order chi connectivity index (χ1) is 9.63. The van der Waals surface area contributed by atoms with E-state index in [9.17, 15) is 9.18 Å². The number of anilines is 2. The molecule has 0 unspecified atom stereocenters. The van der Waals surface area contributed by atoms with Crippen molar-refractivity contribution in [3.63, 3.8) is 0 Å². The monoisotopic (exact) mass is 284 g/mol. The molecule has 6 heteroatoms. The van der Waals surface area contributed by atoms with Crippen molar-refractivity contribution in [3.05, 3.63) is 24.0 Å². The van der Waals surface area contributed by atoms with Crippen molar-refractivity contribution in [3.8, 4) is 0 Å². The topological polar surface area (TPSA) is 73.6 Å². The Hall–Kier alpha value is -1.66. The van der Waals surface area contributed by atoms with Gasteiger partial charge in [0.15, 0.2) is 0 Å². The quantitative estimate of drug-likeness (QED) is 0.538. The highest BCUT2D eigenvalue weighted by atomic mass is 19.1. The van der Waals surface area contributed by atoms with Crippen molar-refractivity contribution in [2.75, 3.05) is 37.5 Å². The molecule has 0 aliphatic heterocycles. The number of halogens is 1. The Labute approximate surface area is 118 Å². The van der Waals surface area contributed by atoms with Gasteiger partial charge in [0, 0.05) is 12.3 Å². The number of carbonyl (C=O) groups excluding carboxylic acids is 1. The minimum Gasteiger partial charge on any atom is -0.399 e. The van der Waals surface area contributed by atoms with E-state index in [-0.39, 0.29) is 12.3 Å². The molecule has 112 valence electrons. The van der Waals surface area contributed by atoms with Crippen LogP contribution in [0.1, 0.15) is 19.8 Å². The largest absolute Gasteiger partial charge is 0.399 e. The number of hydrogen-bond acceptors (Lipinski definition) is 4. The fraction of sp³-hybridized carbons (Fsp3) is 0.500. The summed E-state index contributed by atoms with van der Waals surface area (Å²) in [5.41, 5.74) is 5.95. The van der Waals surface area contributed by atoms with Crippen LogP contribution in [0.2, 0.25) is 0 Å². The van der Waals surface area contributed by atoms with Gasteiger partial charge in [-0.3, -0.25) is 4.79 Å². The van der Waals surface area contributed by atoms with E-state index < -0.39 is 11.7 Å². The Balaban J connectivity index is 2.19. The number of nitrogens with two attached hydrogens (primary N) is 1. The summed E-state index contributed by atoms with van der Waals surface area (Å²) in [5.74, 6) is -0.960. The molecule has 0 aliphatic carbocycles. The maximum absolute atomic E-state index is 13.4. The van der Waals surface area contributed by atoms with Crippen LogP contribution in [-0.2, 0) is 14.3 Å². The van der Waals surface area contributed by atoms with Gasteiger partial charge in [-0.25, -0.2) is 4.39 Å². The van der Waals surface area contributed by atoms with Crippen LogP contribution >= 0.6 is 0 Å². The lowest BCUT2D eigenvalue weighted by Gasteiger charge is -2.08. The molecule has 0 atom stereocenters. The zero-order valence-corrected chi connectivity index (χ0v) is 11.7. The lowest BCUT2D eigenvalue weighted by Crippen LogP contribution is -2.20. The van der Waals surface area contributed by atoms with Crippen molar-refractivity contribution < 1.29 is 18.7 Å². The standard InChI is InChI=1S/C14H21FN2O3/c1-2-3-6-19-7-8-20-10-14(18)17-13-9-11(16)4-5-12(13)15/h4-5,9H,2-3,6-8,10,16H2,1H3,(H,17,18). The number of carbonyl (C=O) groups is 1. The van der Waals surface area contributed by atoms with Gasteiger partial charge in [-0.15, -0.1) is 0 Å². The molecule has 0 bridgehead atoms. The fourth-order valence-corrected chi connectivity index (χ4v) is 1.46. The maximum Gasteiger partial charge on any atom is 0.250 e. The van der Waals surface area contributed by atoms with E-state index in [1.54, 1.807) is 0 Å². The molecule has 1 aromatic carbocycles. The number of nitrogens with one attached hydrogen (secondary N) is 1. The van der Waals surface area contributed by atoms with Crippen LogP contribution in [0.3, 0.4) is 0 Å². The van der Waals surface area contributed by atoms with Gasteiger partial charge in [-0.05, 0) is 24.6 Å². The highest BCUT2D eigenvalue weighted by Gasteiger charge is 2.07. The Morgan fingerprint density at radius 2 is 2.05 bits per heavy atom. The zero-order chi connectivity index (χ0) is 14.8. The van der Waals surface area contributed by atoms with Gasteiger partial charge in [0.05, 0.1) is 18.9 Å². The summed E-state index contributed by atoms with van der Waals surface area (Å²) >= 11 is 0. The molecule has 5 nitrogen and oxygen atoms in total. The first-order valence-corrected chi connectivity index (χ1v) is 6.64. The molecule has 1 aromatic rings. The molecule has 20 heavy (non-hydrogen) atoms. The molecule has 0 radical (unpaired) electrons.